The maximum atomic E-state index is 6.23. The number of hydrogen-bond donors (Lipinski definition) is 0. The molecule has 4 heteroatoms. The first-order valence-electron chi connectivity index (χ1n) is 9.28. The minimum Gasteiger partial charge on any atom is -0.0843 e. The van der Waals surface area contributed by atoms with Crippen molar-refractivity contribution >= 4 is 58.0 Å². The molecular weight excluding hydrogens is 438 g/mol. The molecule has 0 aliphatic heterocycles. The maximum Gasteiger partial charge on any atom is 0.116 e. The van der Waals surface area contributed by atoms with E-state index in [9.17, 15) is 0 Å². The Balaban J connectivity index is 2.01. The predicted octanol–water partition coefficient (Wildman–Crippen LogP) is 7.14. The average Bonchev–Trinajstić information content (AvgIpc) is 2.75. The van der Waals surface area contributed by atoms with E-state index in [-0.39, 0.29) is 0 Å². The second-order valence-electron chi connectivity index (χ2n) is 6.88. The molecule has 0 nitrogen and oxygen atoms in total. The van der Waals surface area contributed by atoms with Gasteiger partial charge in [-0.15, -0.1) is 0 Å². The zero-order chi connectivity index (χ0) is 20.3. The van der Waals surface area contributed by atoms with Crippen LogP contribution in [0.1, 0.15) is 5.56 Å². The molecule has 0 unspecified atom stereocenters. The molecule has 0 fully saturated rings. The molecule has 0 aliphatic carbocycles. The largest absolute Gasteiger partial charge is 0.116 e. The van der Waals surface area contributed by atoms with Crippen molar-refractivity contribution in [3.05, 3.63) is 124 Å². The molecule has 144 valence electrons. The standard InChI is InChI=1S/C25H19Cl3P/c26-20-6-12-23(13-7-20)29(18-19-4-2-1-3-5-19,24-14-8-21(27)9-15-24)25-16-10-22(28)11-17-25/h1-17H,18H2/q+1. The molecule has 0 saturated heterocycles. The third kappa shape index (κ3) is 4.37. The Hall–Kier alpha value is -1.82. The van der Waals surface area contributed by atoms with Gasteiger partial charge in [0.25, 0.3) is 0 Å². The van der Waals surface area contributed by atoms with Crippen molar-refractivity contribution in [1.82, 2.24) is 0 Å². The summed E-state index contributed by atoms with van der Waals surface area (Å²) in [5.41, 5.74) is 1.29. The van der Waals surface area contributed by atoms with E-state index in [0.717, 1.165) is 21.2 Å². The van der Waals surface area contributed by atoms with Crippen LogP contribution in [0.5, 0.6) is 0 Å². The molecule has 0 saturated carbocycles. The first kappa shape index (κ1) is 20.5. The van der Waals surface area contributed by atoms with Gasteiger partial charge in [-0.2, -0.15) is 0 Å². The molecule has 4 rings (SSSR count). The van der Waals surface area contributed by atoms with Gasteiger partial charge in [-0.3, -0.25) is 0 Å². The van der Waals surface area contributed by atoms with Gasteiger partial charge in [0.15, 0.2) is 0 Å². The fourth-order valence-electron chi connectivity index (χ4n) is 3.67. The Morgan fingerprint density at radius 3 is 1.14 bits per heavy atom. The van der Waals surface area contributed by atoms with Crippen LogP contribution < -0.4 is 15.9 Å². The van der Waals surface area contributed by atoms with Crippen LogP contribution in [0, 0.1) is 0 Å². The minimum absolute atomic E-state index is 0.735. The van der Waals surface area contributed by atoms with Crippen LogP contribution in [-0.2, 0) is 6.16 Å². The van der Waals surface area contributed by atoms with E-state index in [0.29, 0.717) is 0 Å². The summed E-state index contributed by atoms with van der Waals surface area (Å²) < 4.78 is 0. The average molecular weight is 457 g/mol. The molecule has 4 aromatic carbocycles. The van der Waals surface area contributed by atoms with E-state index in [1.807, 2.05) is 36.4 Å². The number of benzene rings is 4. The van der Waals surface area contributed by atoms with Gasteiger partial charge in [-0.25, -0.2) is 0 Å². The van der Waals surface area contributed by atoms with Crippen LogP contribution in [0.3, 0.4) is 0 Å². The first-order chi connectivity index (χ1) is 14.1. The summed E-state index contributed by atoms with van der Waals surface area (Å²) in [5, 5.41) is 6.03. The van der Waals surface area contributed by atoms with Gasteiger partial charge in [-0.1, -0.05) is 65.1 Å². The quantitative estimate of drug-likeness (QED) is 0.280. The fraction of sp³-hybridized carbons (Fsp3) is 0.0400. The van der Waals surface area contributed by atoms with Gasteiger partial charge in [0.05, 0.1) is 6.16 Å². The second-order valence-corrected chi connectivity index (χ2v) is 11.7. The van der Waals surface area contributed by atoms with Crippen molar-refractivity contribution < 1.29 is 0 Å². The van der Waals surface area contributed by atoms with Crippen LogP contribution in [0.25, 0.3) is 0 Å². The highest BCUT2D eigenvalue weighted by atomic mass is 35.5. The van der Waals surface area contributed by atoms with Crippen molar-refractivity contribution in [1.29, 1.82) is 0 Å². The van der Waals surface area contributed by atoms with Crippen LogP contribution >= 0.6 is 42.1 Å². The monoisotopic (exact) mass is 455 g/mol. The lowest BCUT2D eigenvalue weighted by Gasteiger charge is -2.28. The molecule has 0 aliphatic rings. The summed E-state index contributed by atoms with van der Waals surface area (Å²) in [4.78, 5) is 0. The molecule has 0 spiro atoms. The molecule has 0 heterocycles. The highest BCUT2D eigenvalue weighted by Crippen LogP contribution is 2.58. The second kappa shape index (κ2) is 8.90. The Labute approximate surface area is 187 Å². The molecule has 4 aromatic rings. The summed E-state index contributed by atoms with van der Waals surface area (Å²) >= 11 is 18.7. The Morgan fingerprint density at radius 1 is 0.448 bits per heavy atom. The van der Waals surface area contributed by atoms with Crippen molar-refractivity contribution in [3.8, 4) is 0 Å². The van der Waals surface area contributed by atoms with Crippen molar-refractivity contribution in [2.45, 2.75) is 6.16 Å². The van der Waals surface area contributed by atoms with E-state index in [4.69, 9.17) is 34.8 Å². The molecule has 0 bridgehead atoms. The normalized spacial score (nSPS) is 11.4. The third-order valence-corrected chi connectivity index (χ3v) is 10.2. The summed E-state index contributed by atoms with van der Waals surface area (Å²) in [6, 6.07) is 35.4. The zero-order valence-corrected chi connectivity index (χ0v) is 18.8. The fourth-order valence-corrected chi connectivity index (χ4v) is 8.22. The van der Waals surface area contributed by atoms with Crippen molar-refractivity contribution in [3.63, 3.8) is 0 Å². The smallest absolute Gasteiger partial charge is 0.0843 e. The first-order valence-corrected chi connectivity index (χ1v) is 12.4. The summed E-state index contributed by atoms with van der Waals surface area (Å²) in [6.45, 7) is 0. The van der Waals surface area contributed by atoms with Gasteiger partial charge in [0.1, 0.15) is 23.2 Å². The highest BCUT2D eigenvalue weighted by Gasteiger charge is 2.45. The van der Waals surface area contributed by atoms with Gasteiger partial charge >= 0.3 is 0 Å². The zero-order valence-electron chi connectivity index (χ0n) is 15.6. The summed E-state index contributed by atoms with van der Waals surface area (Å²) in [6.07, 6.45) is 0.902. The summed E-state index contributed by atoms with van der Waals surface area (Å²) in [5.74, 6) is 0. The van der Waals surface area contributed by atoms with E-state index < -0.39 is 7.26 Å². The van der Waals surface area contributed by atoms with E-state index in [2.05, 4.69) is 66.7 Å². The molecule has 0 N–H and O–H groups in total. The molecular formula is C25H19Cl3P+. The van der Waals surface area contributed by atoms with E-state index in [1.54, 1.807) is 0 Å². The molecule has 0 aromatic heterocycles. The van der Waals surface area contributed by atoms with Crippen LogP contribution in [-0.4, -0.2) is 0 Å². The van der Waals surface area contributed by atoms with Gasteiger partial charge < -0.3 is 0 Å². The van der Waals surface area contributed by atoms with E-state index in [1.165, 1.54) is 21.5 Å². The number of halogens is 3. The lowest BCUT2D eigenvalue weighted by molar-refractivity contribution is 1.39. The van der Waals surface area contributed by atoms with Gasteiger partial charge in [0.2, 0.25) is 0 Å². The SMILES string of the molecule is Clc1ccc([P+](Cc2ccccc2)(c2ccc(Cl)cc2)c2ccc(Cl)cc2)cc1. The number of rotatable bonds is 5. The highest BCUT2D eigenvalue weighted by molar-refractivity contribution is 7.95. The molecule has 0 amide bonds. The van der Waals surface area contributed by atoms with Crippen LogP contribution in [0.4, 0.5) is 0 Å². The maximum absolute atomic E-state index is 6.23. The third-order valence-electron chi connectivity index (χ3n) is 5.06. The topological polar surface area (TPSA) is 0 Å². The Kier molecular flexibility index (Phi) is 6.28. The van der Waals surface area contributed by atoms with E-state index >= 15 is 0 Å². The van der Waals surface area contributed by atoms with Crippen LogP contribution in [0.2, 0.25) is 15.1 Å². The van der Waals surface area contributed by atoms with Crippen LogP contribution in [0.15, 0.2) is 103 Å². The predicted molar refractivity (Wildman–Crippen MR) is 130 cm³/mol. The Morgan fingerprint density at radius 2 is 0.793 bits per heavy atom. The molecule has 29 heavy (non-hydrogen) atoms. The lowest BCUT2D eigenvalue weighted by atomic mass is 10.2. The van der Waals surface area contributed by atoms with Crippen molar-refractivity contribution in [2.75, 3.05) is 0 Å². The Bertz CT molecular complexity index is 963. The van der Waals surface area contributed by atoms with Gasteiger partial charge in [0, 0.05) is 15.1 Å². The van der Waals surface area contributed by atoms with Crippen molar-refractivity contribution in [2.24, 2.45) is 0 Å². The molecule has 0 atom stereocenters. The molecule has 0 radical (unpaired) electrons. The van der Waals surface area contributed by atoms with Gasteiger partial charge in [-0.05, 0) is 78.4 Å². The lowest BCUT2D eigenvalue weighted by Crippen LogP contribution is -2.32. The number of hydrogen-bond acceptors (Lipinski definition) is 0. The summed E-state index contributed by atoms with van der Waals surface area (Å²) in [7, 11) is -2.01. The minimum atomic E-state index is -2.01.